The van der Waals surface area contributed by atoms with E-state index < -0.39 is 12.1 Å². The normalized spacial score (nSPS) is 11.9. The van der Waals surface area contributed by atoms with E-state index in [1.807, 2.05) is 54.6 Å². The van der Waals surface area contributed by atoms with Gasteiger partial charge in [0.05, 0.1) is 0 Å². The summed E-state index contributed by atoms with van der Waals surface area (Å²) < 4.78 is 10.6. The summed E-state index contributed by atoms with van der Waals surface area (Å²) in [4.78, 5) is 10.9. The summed E-state index contributed by atoms with van der Waals surface area (Å²) in [6.45, 7) is 0.510. The monoisotopic (exact) mass is 286 g/mol. The minimum atomic E-state index is -0.957. The van der Waals surface area contributed by atoms with E-state index in [2.05, 4.69) is 0 Å². The van der Waals surface area contributed by atoms with Crippen LogP contribution in [-0.4, -0.2) is 24.3 Å². The number of carboxylic acids is 1. The Hall–Kier alpha value is -2.33. The Kier molecular flexibility index (Phi) is 5.35. The Morgan fingerprint density at radius 2 is 1.71 bits per heavy atom. The van der Waals surface area contributed by atoms with Crippen LogP contribution in [0.5, 0.6) is 5.75 Å². The highest BCUT2D eigenvalue weighted by atomic mass is 16.5. The molecule has 0 aliphatic carbocycles. The van der Waals surface area contributed by atoms with Crippen molar-refractivity contribution in [3.63, 3.8) is 0 Å². The maximum Gasteiger partial charge on any atom is 0.333 e. The number of hydrogen-bond donors (Lipinski definition) is 1. The van der Waals surface area contributed by atoms with Gasteiger partial charge in [-0.3, -0.25) is 0 Å². The molecule has 4 heteroatoms. The first-order valence-electron chi connectivity index (χ1n) is 6.70. The van der Waals surface area contributed by atoms with Gasteiger partial charge in [0.25, 0.3) is 0 Å². The lowest BCUT2D eigenvalue weighted by Gasteiger charge is -2.11. The molecule has 0 saturated heterocycles. The lowest BCUT2D eigenvalue weighted by atomic mass is 10.1. The summed E-state index contributed by atoms with van der Waals surface area (Å²) in [6.07, 6.45) is -0.480. The minimum absolute atomic E-state index is 0.338. The fourth-order valence-corrected chi connectivity index (χ4v) is 1.95. The third-order valence-corrected chi connectivity index (χ3v) is 3.15. The molecule has 1 unspecified atom stereocenters. The number of ether oxygens (including phenoxy) is 2. The van der Waals surface area contributed by atoms with Crippen LogP contribution in [0.25, 0.3) is 0 Å². The SMILES string of the molecule is COC(Cc1ccc(OCc2ccccc2)cc1)C(=O)O. The largest absolute Gasteiger partial charge is 0.489 e. The summed E-state index contributed by atoms with van der Waals surface area (Å²) in [5, 5.41) is 8.95. The van der Waals surface area contributed by atoms with E-state index in [0.717, 1.165) is 16.9 Å². The van der Waals surface area contributed by atoms with Crippen LogP contribution in [0.15, 0.2) is 54.6 Å². The average molecular weight is 286 g/mol. The van der Waals surface area contributed by atoms with E-state index in [9.17, 15) is 4.79 Å². The van der Waals surface area contributed by atoms with E-state index in [1.54, 1.807) is 0 Å². The molecule has 2 aromatic carbocycles. The second-order valence-corrected chi connectivity index (χ2v) is 4.68. The van der Waals surface area contributed by atoms with Crippen LogP contribution >= 0.6 is 0 Å². The highest BCUT2D eigenvalue weighted by Gasteiger charge is 2.16. The molecule has 4 nitrogen and oxygen atoms in total. The molecular formula is C17H18O4. The molecule has 0 radical (unpaired) electrons. The third kappa shape index (κ3) is 4.61. The molecule has 1 N–H and O–H groups in total. The van der Waals surface area contributed by atoms with Crippen molar-refractivity contribution in [2.45, 2.75) is 19.1 Å². The average Bonchev–Trinajstić information content (AvgIpc) is 2.52. The van der Waals surface area contributed by atoms with E-state index in [1.165, 1.54) is 7.11 Å². The second-order valence-electron chi connectivity index (χ2n) is 4.68. The molecule has 0 saturated carbocycles. The van der Waals surface area contributed by atoms with Crippen LogP contribution in [-0.2, 0) is 22.6 Å². The quantitative estimate of drug-likeness (QED) is 0.850. The molecule has 0 bridgehead atoms. The Morgan fingerprint density at radius 1 is 1.05 bits per heavy atom. The molecule has 2 aromatic rings. The van der Waals surface area contributed by atoms with Crippen LogP contribution in [0.2, 0.25) is 0 Å². The molecule has 0 aliphatic rings. The Morgan fingerprint density at radius 3 is 2.29 bits per heavy atom. The molecule has 0 aromatic heterocycles. The van der Waals surface area contributed by atoms with Crippen molar-refractivity contribution in [2.24, 2.45) is 0 Å². The fourth-order valence-electron chi connectivity index (χ4n) is 1.95. The highest BCUT2D eigenvalue weighted by Crippen LogP contribution is 2.16. The standard InChI is InChI=1S/C17H18O4/c1-20-16(17(18)19)11-13-7-9-15(10-8-13)21-12-14-5-3-2-4-6-14/h2-10,16H,11-12H2,1H3,(H,18,19). The van der Waals surface area contributed by atoms with Gasteiger partial charge < -0.3 is 14.6 Å². The van der Waals surface area contributed by atoms with E-state index in [4.69, 9.17) is 14.6 Å². The first-order valence-corrected chi connectivity index (χ1v) is 6.70. The number of benzene rings is 2. The molecule has 21 heavy (non-hydrogen) atoms. The minimum Gasteiger partial charge on any atom is -0.489 e. The number of aliphatic carboxylic acids is 1. The Balaban J connectivity index is 1.91. The summed E-state index contributed by atoms with van der Waals surface area (Å²) in [7, 11) is 1.40. The topological polar surface area (TPSA) is 55.8 Å². The predicted octanol–water partition coefficient (Wildman–Crippen LogP) is 2.91. The van der Waals surface area contributed by atoms with Crippen molar-refractivity contribution in [1.82, 2.24) is 0 Å². The van der Waals surface area contributed by atoms with Gasteiger partial charge in [-0.1, -0.05) is 42.5 Å². The van der Waals surface area contributed by atoms with Crippen LogP contribution in [0.1, 0.15) is 11.1 Å². The summed E-state index contributed by atoms with van der Waals surface area (Å²) in [5.74, 6) is -0.200. The Labute approximate surface area is 123 Å². The van der Waals surface area contributed by atoms with Gasteiger partial charge in [0.1, 0.15) is 12.4 Å². The van der Waals surface area contributed by atoms with Gasteiger partial charge in [-0.15, -0.1) is 0 Å². The maximum atomic E-state index is 10.9. The van der Waals surface area contributed by atoms with Gasteiger partial charge in [0, 0.05) is 13.5 Å². The lowest BCUT2D eigenvalue weighted by molar-refractivity contribution is -0.148. The van der Waals surface area contributed by atoms with Crippen molar-refractivity contribution in [3.8, 4) is 5.75 Å². The molecule has 0 fully saturated rings. The molecule has 0 aliphatic heterocycles. The van der Waals surface area contributed by atoms with Crippen LogP contribution in [0.3, 0.4) is 0 Å². The zero-order chi connectivity index (χ0) is 15.1. The lowest BCUT2D eigenvalue weighted by Crippen LogP contribution is -2.24. The van der Waals surface area contributed by atoms with E-state index >= 15 is 0 Å². The fraction of sp³-hybridized carbons (Fsp3) is 0.235. The first-order chi connectivity index (χ1) is 10.2. The van der Waals surface area contributed by atoms with Crippen molar-refractivity contribution >= 4 is 5.97 Å². The van der Waals surface area contributed by atoms with Crippen molar-refractivity contribution in [3.05, 3.63) is 65.7 Å². The molecule has 2 rings (SSSR count). The van der Waals surface area contributed by atoms with Crippen LogP contribution in [0, 0.1) is 0 Å². The van der Waals surface area contributed by atoms with Gasteiger partial charge >= 0.3 is 5.97 Å². The first kappa shape index (κ1) is 15.1. The zero-order valence-electron chi connectivity index (χ0n) is 11.9. The summed E-state index contributed by atoms with van der Waals surface area (Å²) in [5.41, 5.74) is 2.00. The Bertz CT molecular complexity index is 563. The highest BCUT2D eigenvalue weighted by molar-refractivity contribution is 5.72. The second kappa shape index (κ2) is 7.45. The van der Waals surface area contributed by atoms with Crippen molar-refractivity contribution in [1.29, 1.82) is 0 Å². The van der Waals surface area contributed by atoms with Gasteiger partial charge in [-0.2, -0.15) is 0 Å². The van der Waals surface area contributed by atoms with Crippen molar-refractivity contribution in [2.75, 3.05) is 7.11 Å². The molecule has 0 spiro atoms. The van der Waals surface area contributed by atoms with Gasteiger partial charge in [0.2, 0.25) is 0 Å². The number of carbonyl (C=O) groups is 1. The maximum absolute atomic E-state index is 10.9. The van der Waals surface area contributed by atoms with Crippen LogP contribution in [0.4, 0.5) is 0 Å². The molecule has 0 heterocycles. The molecule has 1 atom stereocenters. The smallest absolute Gasteiger partial charge is 0.333 e. The molecule has 110 valence electrons. The predicted molar refractivity (Wildman–Crippen MR) is 79.4 cm³/mol. The van der Waals surface area contributed by atoms with Gasteiger partial charge in [-0.25, -0.2) is 4.79 Å². The number of hydrogen-bond acceptors (Lipinski definition) is 3. The van der Waals surface area contributed by atoms with Crippen LogP contribution < -0.4 is 4.74 Å². The summed E-state index contributed by atoms with van der Waals surface area (Å²) >= 11 is 0. The van der Waals surface area contributed by atoms with Gasteiger partial charge in [-0.05, 0) is 23.3 Å². The molecule has 0 amide bonds. The zero-order valence-corrected chi connectivity index (χ0v) is 11.9. The van der Waals surface area contributed by atoms with Gasteiger partial charge in [0.15, 0.2) is 6.10 Å². The number of methoxy groups -OCH3 is 1. The molecular weight excluding hydrogens is 268 g/mol. The number of carboxylic acid groups (broad SMARTS) is 1. The third-order valence-electron chi connectivity index (χ3n) is 3.15. The van der Waals surface area contributed by atoms with E-state index in [-0.39, 0.29) is 0 Å². The number of rotatable bonds is 7. The van der Waals surface area contributed by atoms with E-state index in [0.29, 0.717) is 13.0 Å². The summed E-state index contributed by atoms with van der Waals surface area (Å²) in [6, 6.07) is 17.3. The van der Waals surface area contributed by atoms with Crippen molar-refractivity contribution < 1.29 is 19.4 Å².